The van der Waals surface area contributed by atoms with Gasteiger partial charge < -0.3 is 4.74 Å². The third-order valence-electron chi connectivity index (χ3n) is 3.27. The Hall–Kier alpha value is -0.0400. The predicted molar refractivity (Wildman–Crippen MR) is 40.8 cm³/mol. The van der Waals surface area contributed by atoms with Gasteiger partial charge in [-0.3, -0.25) is 0 Å². The smallest absolute Gasteiger partial charge is 0.0493 e. The van der Waals surface area contributed by atoms with Gasteiger partial charge in [-0.05, 0) is 37.0 Å². The van der Waals surface area contributed by atoms with Crippen molar-refractivity contribution in [2.75, 3.05) is 13.7 Å². The number of rotatable bonds is 2. The van der Waals surface area contributed by atoms with E-state index < -0.39 is 0 Å². The Morgan fingerprint density at radius 2 is 2.20 bits per heavy atom. The maximum atomic E-state index is 5.18. The summed E-state index contributed by atoms with van der Waals surface area (Å²) in [5.74, 6) is 3.03. The van der Waals surface area contributed by atoms with Crippen molar-refractivity contribution in [3.8, 4) is 0 Å². The molecule has 2 fully saturated rings. The van der Waals surface area contributed by atoms with Crippen LogP contribution in [-0.4, -0.2) is 13.7 Å². The molecule has 0 aromatic rings. The fourth-order valence-electron chi connectivity index (χ4n) is 2.79. The van der Waals surface area contributed by atoms with Gasteiger partial charge in [0.25, 0.3) is 0 Å². The van der Waals surface area contributed by atoms with Gasteiger partial charge in [0.2, 0.25) is 0 Å². The molecule has 2 rings (SSSR count). The van der Waals surface area contributed by atoms with E-state index in [1.54, 1.807) is 0 Å². The first-order chi connectivity index (χ1) is 4.90. The van der Waals surface area contributed by atoms with Crippen LogP contribution in [0.5, 0.6) is 0 Å². The molecule has 0 aliphatic heterocycles. The van der Waals surface area contributed by atoms with Crippen molar-refractivity contribution in [3.05, 3.63) is 0 Å². The molecule has 2 unspecified atom stereocenters. The average Bonchev–Trinajstić information content (AvgIpc) is 2.48. The van der Waals surface area contributed by atoms with Crippen LogP contribution in [0.1, 0.15) is 25.7 Å². The highest BCUT2D eigenvalue weighted by Gasteiger charge is 2.38. The summed E-state index contributed by atoms with van der Waals surface area (Å²) in [5, 5.41) is 0. The number of hydrogen-bond donors (Lipinski definition) is 0. The highest BCUT2D eigenvalue weighted by atomic mass is 16.5. The van der Waals surface area contributed by atoms with Crippen molar-refractivity contribution in [1.82, 2.24) is 0 Å². The summed E-state index contributed by atoms with van der Waals surface area (Å²) in [7, 11) is 1.83. The van der Waals surface area contributed by atoms with E-state index in [0.717, 1.165) is 24.4 Å². The van der Waals surface area contributed by atoms with E-state index in [0.29, 0.717) is 0 Å². The Morgan fingerprint density at radius 3 is 2.70 bits per heavy atom. The molecule has 2 saturated carbocycles. The maximum absolute atomic E-state index is 5.18. The lowest BCUT2D eigenvalue weighted by Gasteiger charge is -2.19. The summed E-state index contributed by atoms with van der Waals surface area (Å²) in [6.45, 7) is 1.02. The van der Waals surface area contributed by atoms with Crippen LogP contribution < -0.4 is 0 Å². The second-order valence-electron chi connectivity index (χ2n) is 3.89. The summed E-state index contributed by atoms with van der Waals surface area (Å²) in [6.07, 6.45) is 5.95. The van der Waals surface area contributed by atoms with E-state index in [9.17, 15) is 0 Å². The molecule has 58 valence electrons. The lowest BCUT2D eigenvalue weighted by atomic mass is 9.90. The van der Waals surface area contributed by atoms with Crippen LogP contribution in [0.3, 0.4) is 0 Å². The zero-order valence-electron chi connectivity index (χ0n) is 6.68. The molecule has 0 aromatic carbocycles. The standard InChI is InChI=1S/C9H16O/c1-10-6-9-5-7-2-3-8(9)4-7/h7-9H,2-6H2,1H3/t7?,8?,9-/m0/s1. The highest BCUT2D eigenvalue weighted by Crippen LogP contribution is 2.48. The van der Waals surface area contributed by atoms with Gasteiger partial charge >= 0.3 is 0 Å². The largest absolute Gasteiger partial charge is 0.384 e. The van der Waals surface area contributed by atoms with Crippen LogP contribution in [0.2, 0.25) is 0 Å². The molecule has 2 aliphatic carbocycles. The van der Waals surface area contributed by atoms with Crippen LogP contribution in [0.15, 0.2) is 0 Å². The minimum absolute atomic E-state index is 0.920. The summed E-state index contributed by atoms with van der Waals surface area (Å²) in [4.78, 5) is 0. The van der Waals surface area contributed by atoms with Crippen molar-refractivity contribution in [2.45, 2.75) is 25.7 Å². The van der Waals surface area contributed by atoms with E-state index in [1.807, 2.05) is 7.11 Å². The zero-order chi connectivity index (χ0) is 6.97. The molecule has 0 amide bonds. The molecular formula is C9H16O. The second-order valence-corrected chi connectivity index (χ2v) is 3.89. The van der Waals surface area contributed by atoms with Gasteiger partial charge in [-0.2, -0.15) is 0 Å². The number of hydrogen-bond acceptors (Lipinski definition) is 1. The third kappa shape index (κ3) is 0.968. The normalized spacial score (nSPS) is 44.7. The molecule has 3 atom stereocenters. The third-order valence-corrected chi connectivity index (χ3v) is 3.27. The first-order valence-corrected chi connectivity index (χ1v) is 4.39. The molecule has 0 heterocycles. The van der Waals surface area contributed by atoms with Crippen LogP contribution in [0.25, 0.3) is 0 Å². The summed E-state index contributed by atoms with van der Waals surface area (Å²) in [6, 6.07) is 0. The molecule has 0 N–H and O–H groups in total. The monoisotopic (exact) mass is 140 g/mol. The lowest BCUT2D eigenvalue weighted by Crippen LogP contribution is -2.15. The maximum Gasteiger partial charge on any atom is 0.0493 e. The van der Waals surface area contributed by atoms with E-state index >= 15 is 0 Å². The van der Waals surface area contributed by atoms with Gasteiger partial charge in [-0.25, -0.2) is 0 Å². The Balaban J connectivity index is 1.90. The minimum Gasteiger partial charge on any atom is -0.384 e. The van der Waals surface area contributed by atoms with Crippen molar-refractivity contribution in [1.29, 1.82) is 0 Å². The lowest BCUT2D eigenvalue weighted by molar-refractivity contribution is 0.122. The molecule has 2 aliphatic rings. The summed E-state index contributed by atoms with van der Waals surface area (Å²) < 4.78 is 5.18. The fraction of sp³-hybridized carbons (Fsp3) is 1.00. The molecule has 10 heavy (non-hydrogen) atoms. The average molecular weight is 140 g/mol. The van der Waals surface area contributed by atoms with Gasteiger partial charge in [0.1, 0.15) is 0 Å². The SMILES string of the molecule is COC[C@@H]1CC2CCC1C2. The minimum atomic E-state index is 0.920. The van der Waals surface area contributed by atoms with Crippen molar-refractivity contribution >= 4 is 0 Å². The Morgan fingerprint density at radius 1 is 1.30 bits per heavy atom. The van der Waals surface area contributed by atoms with Crippen LogP contribution in [0, 0.1) is 17.8 Å². The van der Waals surface area contributed by atoms with E-state index in [-0.39, 0.29) is 0 Å². The molecule has 0 saturated heterocycles. The van der Waals surface area contributed by atoms with Crippen LogP contribution in [-0.2, 0) is 4.74 Å². The molecule has 1 nitrogen and oxygen atoms in total. The fourth-order valence-corrected chi connectivity index (χ4v) is 2.79. The first-order valence-electron chi connectivity index (χ1n) is 4.39. The Labute approximate surface area is 62.8 Å². The van der Waals surface area contributed by atoms with Crippen molar-refractivity contribution in [2.24, 2.45) is 17.8 Å². The van der Waals surface area contributed by atoms with Gasteiger partial charge in [0.15, 0.2) is 0 Å². The van der Waals surface area contributed by atoms with Gasteiger partial charge in [-0.15, -0.1) is 0 Å². The number of methoxy groups -OCH3 is 1. The molecule has 2 bridgehead atoms. The van der Waals surface area contributed by atoms with Gasteiger partial charge in [-0.1, -0.05) is 6.42 Å². The number of ether oxygens (including phenoxy) is 1. The van der Waals surface area contributed by atoms with Crippen molar-refractivity contribution in [3.63, 3.8) is 0 Å². The second kappa shape index (κ2) is 2.54. The topological polar surface area (TPSA) is 9.23 Å². The molecule has 1 heteroatoms. The van der Waals surface area contributed by atoms with Crippen LogP contribution >= 0.6 is 0 Å². The van der Waals surface area contributed by atoms with E-state index in [2.05, 4.69) is 0 Å². The molecular weight excluding hydrogens is 124 g/mol. The number of fused-ring (bicyclic) bond motifs is 2. The zero-order valence-corrected chi connectivity index (χ0v) is 6.68. The quantitative estimate of drug-likeness (QED) is 0.570. The summed E-state index contributed by atoms with van der Waals surface area (Å²) >= 11 is 0. The highest BCUT2D eigenvalue weighted by molar-refractivity contribution is 4.89. The molecule has 0 spiro atoms. The van der Waals surface area contributed by atoms with Gasteiger partial charge in [0.05, 0.1) is 0 Å². The molecule has 0 aromatic heterocycles. The van der Waals surface area contributed by atoms with Gasteiger partial charge in [0, 0.05) is 13.7 Å². The predicted octanol–water partition coefficient (Wildman–Crippen LogP) is 2.07. The van der Waals surface area contributed by atoms with Crippen LogP contribution in [0.4, 0.5) is 0 Å². The van der Waals surface area contributed by atoms with E-state index in [4.69, 9.17) is 4.74 Å². The first kappa shape index (κ1) is 6.66. The van der Waals surface area contributed by atoms with E-state index in [1.165, 1.54) is 25.7 Å². The summed E-state index contributed by atoms with van der Waals surface area (Å²) in [5.41, 5.74) is 0. The Bertz CT molecular complexity index is 122. The molecule has 0 radical (unpaired) electrons. The Kier molecular flexibility index (Phi) is 1.69. The van der Waals surface area contributed by atoms with Crippen molar-refractivity contribution < 1.29 is 4.74 Å².